The topological polar surface area (TPSA) is 64.6 Å². The Hall–Kier alpha value is -2.83. The highest BCUT2D eigenvalue weighted by Crippen LogP contribution is 2.43. The molecule has 0 spiro atoms. The quantitative estimate of drug-likeness (QED) is 0.426. The van der Waals surface area contributed by atoms with Crippen LogP contribution in [0, 0.1) is 0 Å². The fourth-order valence-electron chi connectivity index (χ4n) is 5.63. The fraction of sp³-hybridized carbons (Fsp3) is 0.444. The van der Waals surface area contributed by atoms with Crippen molar-refractivity contribution in [3.8, 4) is 10.6 Å². The summed E-state index contributed by atoms with van der Waals surface area (Å²) in [7, 11) is 3.88. The second-order valence-electron chi connectivity index (χ2n) is 10.3. The number of nitrogens with one attached hydrogen (secondary N) is 1. The first kappa shape index (κ1) is 26.4. The van der Waals surface area contributed by atoms with Crippen molar-refractivity contribution in [2.75, 3.05) is 49.7 Å². The van der Waals surface area contributed by atoms with Gasteiger partial charge in [-0.25, -0.2) is 9.97 Å². The predicted molar refractivity (Wildman–Crippen MR) is 149 cm³/mol. The number of hydrogen-bond acceptors (Lipinski definition) is 8. The van der Waals surface area contributed by atoms with Gasteiger partial charge in [0.2, 0.25) is 5.95 Å². The monoisotopic (exact) mass is 574 g/mol. The Morgan fingerprint density at radius 3 is 2.67 bits per heavy atom. The van der Waals surface area contributed by atoms with Crippen LogP contribution >= 0.6 is 23.1 Å². The van der Waals surface area contributed by atoms with Gasteiger partial charge < -0.3 is 15.1 Å². The first-order valence-corrected chi connectivity index (χ1v) is 14.8. The summed E-state index contributed by atoms with van der Waals surface area (Å²) in [6, 6.07) is 8.92. The molecule has 206 valence electrons. The molecule has 5 heterocycles. The van der Waals surface area contributed by atoms with Gasteiger partial charge in [0.1, 0.15) is 10.4 Å². The van der Waals surface area contributed by atoms with Crippen LogP contribution in [0.4, 0.5) is 30.5 Å². The number of rotatable bonds is 5. The highest BCUT2D eigenvalue weighted by molar-refractivity contribution is 7.99. The molecule has 0 radical (unpaired) electrons. The molecule has 1 aromatic carbocycles. The number of carbonyl (C=O) groups is 1. The van der Waals surface area contributed by atoms with Crippen LogP contribution in [0.25, 0.3) is 10.6 Å². The van der Waals surface area contributed by atoms with Gasteiger partial charge in [-0.2, -0.15) is 13.2 Å². The van der Waals surface area contributed by atoms with E-state index >= 15 is 0 Å². The zero-order valence-corrected chi connectivity index (χ0v) is 23.5. The lowest BCUT2D eigenvalue weighted by Gasteiger charge is -2.34. The van der Waals surface area contributed by atoms with Crippen LogP contribution in [0.3, 0.4) is 0 Å². The second kappa shape index (κ2) is 9.97. The van der Waals surface area contributed by atoms with Gasteiger partial charge in [0.05, 0.1) is 10.6 Å². The Labute approximate surface area is 233 Å². The first-order chi connectivity index (χ1) is 18.6. The minimum atomic E-state index is -4.64. The Bertz CT molecular complexity index is 1420. The van der Waals surface area contributed by atoms with Crippen molar-refractivity contribution in [1.82, 2.24) is 19.8 Å². The molecular formula is C27H29F3N6OS2. The van der Waals surface area contributed by atoms with Crippen molar-refractivity contribution in [3.63, 3.8) is 0 Å². The average molecular weight is 575 g/mol. The number of benzene rings is 1. The molecule has 3 aliphatic heterocycles. The molecule has 1 amide bonds. The molecule has 1 N–H and O–H groups in total. The third kappa shape index (κ3) is 4.87. The number of thioether (sulfide) groups is 1. The number of amides is 1. The number of alkyl halides is 3. The lowest BCUT2D eigenvalue weighted by molar-refractivity contribution is -0.137. The summed E-state index contributed by atoms with van der Waals surface area (Å²) in [4.78, 5) is 29.1. The molecule has 3 aliphatic rings. The van der Waals surface area contributed by atoms with Crippen molar-refractivity contribution in [1.29, 1.82) is 0 Å². The van der Waals surface area contributed by atoms with Crippen molar-refractivity contribution in [2.45, 2.75) is 42.9 Å². The molecule has 12 heteroatoms. The van der Waals surface area contributed by atoms with E-state index in [1.165, 1.54) is 23.9 Å². The molecule has 2 atom stereocenters. The number of aromatic nitrogens is 2. The zero-order valence-electron chi connectivity index (χ0n) is 21.9. The predicted octanol–water partition coefficient (Wildman–Crippen LogP) is 5.60. The van der Waals surface area contributed by atoms with E-state index in [4.69, 9.17) is 0 Å². The van der Waals surface area contributed by atoms with Crippen molar-refractivity contribution < 1.29 is 18.0 Å². The van der Waals surface area contributed by atoms with Crippen LogP contribution in [0.2, 0.25) is 0 Å². The number of nitrogens with zero attached hydrogens (tertiary/aromatic N) is 5. The molecule has 2 saturated heterocycles. The maximum Gasteiger partial charge on any atom is 0.420 e. The Balaban J connectivity index is 1.32. The number of piperazine rings is 1. The van der Waals surface area contributed by atoms with Crippen LogP contribution < -0.4 is 10.2 Å². The van der Waals surface area contributed by atoms with E-state index in [0.29, 0.717) is 39.0 Å². The lowest BCUT2D eigenvalue weighted by atomic mass is 10.1. The third-order valence-electron chi connectivity index (χ3n) is 7.81. The summed E-state index contributed by atoms with van der Waals surface area (Å²) in [5.74, 6) is 0.583. The molecule has 2 fully saturated rings. The summed E-state index contributed by atoms with van der Waals surface area (Å²) in [5.41, 5.74) is 1.83. The van der Waals surface area contributed by atoms with E-state index < -0.39 is 11.7 Å². The molecule has 0 aliphatic carbocycles. The molecule has 7 nitrogen and oxygen atoms in total. The lowest BCUT2D eigenvalue weighted by Crippen LogP contribution is -2.44. The molecule has 6 rings (SSSR count). The van der Waals surface area contributed by atoms with Gasteiger partial charge in [-0.15, -0.1) is 23.1 Å². The van der Waals surface area contributed by atoms with Crippen LogP contribution in [0.5, 0.6) is 0 Å². The highest BCUT2D eigenvalue weighted by Gasteiger charge is 2.41. The maximum atomic E-state index is 14.0. The van der Waals surface area contributed by atoms with Gasteiger partial charge in [0.15, 0.2) is 0 Å². The number of aryl methyl sites for hydroxylation is 1. The van der Waals surface area contributed by atoms with Gasteiger partial charge in [-0.3, -0.25) is 9.69 Å². The number of likely N-dealkylation sites (N-methyl/N-ethyl adjacent to an activating group) is 1. The number of anilines is 3. The summed E-state index contributed by atoms with van der Waals surface area (Å²) in [5, 5.41) is 3.17. The minimum Gasteiger partial charge on any atom is -0.366 e. The van der Waals surface area contributed by atoms with E-state index in [9.17, 15) is 18.0 Å². The van der Waals surface area contributed by atoms with Crippen molar-refractivity contribution in [2.24, 2.45) is 0 Å². The van der Waals surface area contributed by atoms with E-state index in [0.717, 1.165) is 48.3 Å². The average Bonchev–Trinajstić information content (AvgIpc) is 3.60. The maximum absolute atomic E-state index is 14.0. The first-order valence-electron chi connectivity index (χ1n) is 13.0. The Morgan fingerprint density at radius 2 is 1.97 bits per heavy atom. The van der Waals surface area contributed by atoms with Crippen LogP contribution in [0.1, 0.15) is 34.1 Å². The van der Waals surface area contributed by atoms with E-state index in [2.05, 4.69) is 51.2 Å². The SMILES string of the molecule is CCc1cc(N2CC3CC2CN3C)ccc1Nc1ncc(C(F)(F)F)c(-c2cc3c(s2)C(=O)N(C)CCS3)n1. The summed E-state index contributed by atoms with van der Waals surface area (Å²) >= 11 is 2.52. The molecule has 39 heavy (non-hydrogen) atoms. The standard InChI is InChI=1S/C27H29F3N6OS2/c1-4-15-9-16(36-14-17-10-18(36)13-35(17)3)5-6-20(15)32-26-31-12-19(27(28,29)30)23(33-26)21-11-22-24(39-21)25(37)34(2)7-8-38-22/h5-6,9,11-12,17-18H,4,7-8,10,13-14H2,1-3H3,(H,31,32,33). The molecule has 2 unspecified atom stereocenters. The number of thiophene rings is 1. The largest absolute Gasteiger partial charge is 0.420 e. The van der Waals surface area contributed by atoms with E-state index in [-0.39, 0.29) is 17.5 Å². The molecular weight excluding hydrogens is 545 g/mol. The highest BCUT2D eigenvalue weighted by atomic mass is 32.2. The zero-order chi connectivity index (χ0) is 27.5. The normalized spacial score (nSPS) is 21.4. The molecule has 2 aromatic heterocycles. The van der Waals surface area contributed by atoms with Gasteiger partial charge >= 0.3 is 6.18 Å². The number of halogens is 3. The molecule has 0 saturated carbocycles. The Kier molecular flexibility index (Phi) is 6.75. The fourth-order valence-corrected chi connectivity index (χ4v) is 8.06. The van der Waals surface area contributed by atoms with Crippen LogP contribution in [-0.2, 0) is 12.6 Å². The van der Waals surface area contributed by atoms with Gasteiger partial charge in [0, 0.05) is 67.0 Å². The van der Waals surface area contributed by atoms with Crippen molar-refractivity contribution in [3.05, 3.63) is 46.5 Å². The molecule has 2 bridgehead atoms. The molecule has 3 aromatic rings. The van der Waals surface area contributed by atoms with Crippen molar-refractivity contribution >= 4 is 46.3 Å². The van der Waals surface area contributed by atoms with E-state index in [1.54, 1.807) is 18.0 Å². The Morgan fingerprint density at radius 1 is 1.15 bits per heavy atom. The third-order valence-corrected chi connectivity index (χ3v) is 10.1. The summed E-state index contributed by atoms with van der Waals surface area (Å²) in [6.45, 7) is 4.70. The minimum absolute atomic E-state index is 0.0852. The smallest absolute Gasteiger partial charge is 0.366 e. The van der Waals surface area contributed by atoms with Crippen LogP contribution in [0.15, 0.2) is 35.4 Å². The number of hydrogen-bond donors (Lipinski definition) is 1. The van der Waals surface area contributed by atoms with Gasteiger partial charge in [-0.1, -0.05) is 6.92 Å². The van der Waals surface area contributed by atoms with Crippen LogP contribution in [-0.4, -0.2) is 77.2 Å². The number of fused-ring (bicyclic) bond motifs is 3. The van der Waals surface area contributed by atoms with E-state index in [1.807, 2.05) is 6.07 Å². The summed E-state index contributed by atoms with van der Waals surface area (Å²) < 4.78 is 42.0. The summed E-state index contributed by atoms with van der Waals surface area (Å²) in [6.07, 6.45) is -1.89. The number of carbonyl (C=O) groups excluding carboxylic acids is 1. The van der Waals surface area contributed by atoms with Gasteiger partial charge in [-0.05, 0) is 49.7 Å². The second-order valence-corrected chi connectivity index (χ2v) is 12.5. The number of likely N-dealkylation sites (tertiary alicyclic amines) is 1. The van der Waals surface area contributed by atoms with Gasteiger partial charge in [0.25, 0.3) is 5.91 Å².